The Labute approximate surface area is 134 Å². The van der Waals surface area contributed by atoms with E-state index in [1.54, 1.807) is 6.20 Å². The molecule has 1 unspecified atom stereocenters. The minimum Gasteiger partial charge on any atom is -0.490 e. The van der Waals surface area contributed by atoms with Gasteiger partial charge in [0.2, 0.25) is 0 Å². The zero-order chi connectivity index (χ0) is 15.5. The zero-order valence-corrected chi connectivity index (χ0v) is 13.4. The lowest BCUT2D eigenvalue weighted by Gasteiger charge is -2.17. The number of hydrogen-bond acceptors (Lipinski definition) is 5. The summed E-state index contributed by atoms with van der Waals surface area (Å²) in [6.45, 7) is 5.25. The van der Waals surface area contributed by atoms with Crippen LogP contribution >= 0.6 is 11.6 Å². The quantitative estimate of drug-likeness (QED) is 0.933. The minimum absolute atomic E-state index is 0.0314. The Balaban J connectivity index is 1.81. The summed E-state index contributed by atoms with van der Waals surface area (Å²) in [5.74, 6) is 2.89. The predicted octanol–water partition coefficient (Wildman–Crippen LogP) is 3.77. The third-order valence-corrected chi connectivity index (χ3v) is 3.77. The van der Waals surface area contributed by atoms with E-state index in [1.807, 2.05) is 32.0 Å². The van der Waals surface area contributed by atoms with Crippen molar-refractivity contribution in [1.29, 1.82) is 0 Å². The first-order chi connectivity index (χ1) is 10.6. The van der Waals surface area contributed by atoms with Crippen molar-refractivity contribution >= 4 is 17.4 Å². The van der Waals surface area contributed by atoms with Crippen LogP contribution in [0.5, 0.6) is 11.5 Å². The Morgan fingerprint density at radius 2 is 2.00 bits per heavy atom. The maximum atomic E-state index is 6.13. The van der Waals surface area contributed by atoms with E-state index in [-0.39, 0.29) is 6.04 Å². The van der Waals surface area contributed by atoms with Crippen LogP contribution in [0, 0.1) is 6.92 Å². The fourth-order valence-electron chi connectivity index (χ4n) is 2.29. The van der Waals surface area contributed by atoms with Crippen LogP contribution in [-0.4, -0.2) is 23.2 Å². The molecule has 0 saturated heterocycles. The smallest absolute Gasteiger partial charge is 0.161 e. The summed E-state index contributed by atoms with van der Waals surface area (Å²) in [7, 11) is 0. The van der Waals surface area contributed by atoms with Gasteiger partial charge in [0.1, 0.15) is 16.7 Å². The van der Waals surface area contributed by atoms with Crippen LogP contribution in [0.15, 0.2) is 24.4 Å². The van der Waals surface area contributed by atoms with E-state index in [1.165, 1.54) is 0 Å². The molecule has 1 aliphatic rings. The van der Waals surface area contributed by atoms with Crippen LogP contribution in [0.25, 0.3) is 0 Å². The van der Waals surface area contributed by atoms with Crippen LogP contribution in [0.2, 0.25) is 5.02 Å². The molecule has 1 atom stereocenters. The first-order valence-corrected chi connectivity index (χ1v) is 7.66. The van der Waals surface area contributed by atoms with Crippen LogP contribution in [0.3, 0.4) is 0 Å². The SMILES string of the molecule is Cc1ncc(Cl)c(NC(C)c2ccc3c(c2)OCCCO3)n1. The number of fused-ring (bicyclic) bond motifs is 1. The molecule has 1 aliphatic heterocycles. The van der Waals surface area contributed by atoms with Crippen molar-refractivity contribution in [1.82, 2.24) is 9.97 Å². The summed E-state index contributed by atoms with van der Waals surface area (Å²) >= 11 is 6.13. The van der Waals surface area contributed by atoms with Crippen molar-refractivity contribution in [3.63, 3.8) is 0 Å². The highest BCUT2D eigenvalue weighted by Crippen LogP contribution is 2.33. The minimum atomic E-state index is 0.0314. The van der Waals surface area contributed by atoms with Gasteiger partial charge in [-0.1, -0.05) is 17.7 Å². The van der Waals surface area contributed by atoms with Gasteiger partial charge >= 0.3 is 0 Å². The fraction of sp³-hybridized carbons (Fsp3) is 0.375. The molecule has 0 radical (unpaired) electrons. The highest BCUT2D eigenvalue weighted by Gasteiger charge is 2.15. The van der Waals surface area contributed by atoms with E-state index in [0.717, 1.165) is 23.5 Å². The molecule has 0 saturated carbocycles. The van der Waals surface area contributed by atoms with E-state index in [9.17, 15) is 0 Å². The molecule has 3 rings (SSSR count). The monoisotopic (exact) mass is 319 g/mol. The number of aryl methyl sites for hydroxylation is 1. The molecule has 0 bridgehead atoms. The van der Waals surface area contributed by atoms with Gasteiger partial charge in [-0.3, -0.25) is 0 Å². The first kappa shape index (κ1) is 14.9. The zero-order valence-electron chi connectivity index (χ0n) is 12.6. The molecule has 1 aromatic heterocycles. The molecule has 2 aromatic rings. The van der Waals surface area contributed by atoms with Gasteiger partial charge in [-0.15, -0.1) is 0 Å². The average Bonchev–Trinajstić information content (AvgIpc) is 2.75. The molecule has 22 heavy (non-hydrogen) atoms. The Morgan fingerprint density at radius 3 is 2.82 bits per heavy atom. The molecule has 2 heterocycles. The number of anilines is 1. The predicted molar refractivity (Wildman–Crippen MR) is 85.9 cm³/mol. The Kier molecular flexibility index (Phi) is 4.34. The summed E-state index contributed by atoms with van der Waals surface area (Å²) in [5, 5.41) is 3.82. The summed E-state index contributed by atoms with van der Waals surface area (Å²) in [6, 6.07) is 6.00. The van der Waals surface area contributed by atoms with E-state index in [4.69, 9.17) is 21.1 Å². The van der Waals surface area contributed by atoms with E-state index in [2.05, 4.69) is 15.3 Å². The Hall–Kier alpha value is -2.01. The maximum absolute atomic E-state index is 6.13. The Morgan fingerprint density at radius 1 is 1.23 bits per heavy atom. The molecule has 0 aliphatic carbocycles. The molecule has 1 N–H and O–H groups in total. The van der Waals surface area contributed by atoms with E-state index in [0.29, 0.717) is 29.9 Å². The van der Waals surface area contributed by atoms with Gasteiger partial charge in [-0.25, -0.2) is 9.97 Å². The standard InChI is InChI=1S/C16H18ClN3O2/c1-10(19-16-13(17)9-18-11(2)20-16)12-4-5-14-15(8-12)22-7-3-6-21-14/h4-5,8-10H,3,6-7H2,1-2H3,(H,18,19,20). The second-order valence-corrected chi connectivity index (χ2v) is 5.64. The normalized spacial score (nSPS) is 15.0. The number of halogens is 1. The number of aromatic nitrogens is 2. The van der Waals surface area contributed by atoms with Crippen LogP contribution in [0.1, 0.15) is 30.8 Å². The molecular weight excluding hydrogens is 302 g/mol. The number of rotatable bonds is 3. The molecule has 6 heteroatoms. The molecule has 1 aromatic carbocycles. The van der Waals surface area contributed by atoms with Crippen LogP contribution in [0.4, 0.5) is 5.82 Å². The van der Waals surface area contributed by atoms with Gasteiger partial charge < -0.3 is 14.8 Å². The van der Waals surface area contributed by atoms with Gasteiger partial charge in [-0.2, -0.15) is 0 Å². The van der Waals surface area contributed by atoms with Crippen molar-refractivity contribution < 1.29 is 9.47 Å². The summed E-state index contributed by atoms with van der Waals surface area (Å²) in [6.07, 6.45) is 2.50. The number of nitrogens with zero attached hydrogens (tertiary/aromatic N) is 2. The van der Waals surface area contributed by atoms with Crippen LogP contribution in [-0.2, 0) is 0 Å². The second kappa shape index (κ2) is 6.40. The molecular formula is C16H18ClN3O2. The van der Waals surface area contributed by atoms with Crippen LogP contribution < -0.4 is 14.8 Å². The fourth-order valence-corrected chi connectivity index (χ4v) is 2.44. The number of ether oxygens (including phenoxy) is 2. The Bertz CT molecular complexity index is 678. The topological polar surface area (TPSA) is 56.3 Å². The van der Waals surface area contributed by atoms with Crippen molar-refractivity contribution in [2.75, 3.05) is 18.5 Å². The highest BCUT2D eigenvalue weighted by atomic mass is 35.5. The van der Waals surface area contributed by atoms with E-state index < -0.39 is 0 Å². The molecule has 0 spiro atoms. The molecule has 0 fully saturated rings. The van der Waals surface area contributed by atoms with Crippen molar-refractivity contribution in [3.8, 4) is 11.5 Å². The second-order valence-electron chi connectivity index (χ2n) is 5.24. The van der Waals surface area contributed by atoms with Gasteiger partial charge in [0.25, 0.3) is 0 Å². The molecule has 5 nitrogen and oxygen atoms in total. The van der Waals surface area contributed by atoms with Gasteiger partial charge in [0, 0.05) is 6.42 Å². The van der Waals surface area contributed by atoms with Crippen molar-refractivity contribution in [2.45, 2.75) is 26.3 Å². The lowest BCUT2D eigenvalue weighted by atomic mass is 10.1. The average molecular weight is 320 g/mol. The largest absolute Gasteiger partial charge is 0.490 e. The lowest BCUT2D eigenvalue weighted by molar-refractivity contribution is 0.297. The van der Waals surface area contributed by atoms with Gasteiger partial charge in [0.05, 0.1) is 25.5 Å². The van der Waals surface area contributed by atoms with Crippen molar-refractivity contribution in [3.05, 3.63) is 40.8 Å². The van der Waals surface area contributed by atoms with Gasteiger partial charge in [-0.05, 0) is 31.5 Å². The third-order valence-electron chi connectivity index (χ3n) is 3.49. The third kappa shape index (κ3) is 3.25. The summed E-state index contributed by atoms with van der Waals surface area (Å²) in [4.78, 5) is 8.40. The molecule has 116 valence electrons. The number of benzene rings is 1. The number of nitrogens with one attached hydrogen (secondary N) is 1. The first-order valence-electron chi connectivity index (χ1n) is 7.29. The summed E-state index contributed by atoms with van der Waals surface area (Å²) < 4.78 is 11.4. The van der Waals surface area contributed by atoms with E-state index >= 15 is 0 Å². The van der Waals surface area contributed by atoms with Crippen molar-refractivity contribution in [2.24, 2.45) is 0 Å². The highest BCUT2D eigenvalue weighted by molar-refractivity contribution is 6.32. The maximum Gasteiger partial charge on any atom is 0.161 e. The lowest BCUT2D eigenvalue weighted by Crippen LogP contribution is -2.09. The van der Waals surface area contributed by atoms with Gasteiger partial charge in [0.15, 0.2) is 11.5 Å². The molecule has 0 amide bonds. The summed E-state index contributed by atoms with van der Waals surface area (Å²) in [5.41, 5.74) is 1.08. The number of hydrogen-bond donors (Lipinski definition) is 1.